The first-order valence-corrected chi connectivity index (χ1v) is 7.47. The number of aliphatic hydroxyl groups excluding tert-OH is 1. The molecule has 0 unspecified atom stereocenters. The lowest BCUT2D eigenvalue weighted by atomic mass is 10.2. The van der Waals surface area contributed by atoms with Gasteiger partial charge in [-0.15, -0.1) is 0 Å². The van der Waals surface area contributed by atoms with Gasteiger partial charge in [-0.25, -0.2) is 17.6 Å². The molecule has 0 radical (unpaired) electrons. The van der Waals surface area contributed by atoms with E-state index in [2.05, 4.69) is 0 Å². The van der Waals surface area contributed by atoms with Gasteiger partial charge >= 0.3 is 5.97 Å². The zero-order valence-corrected chi connectivity index (χ0v) is 11.3. The van der Waals surface area contributed by atoms with Gasteiger partial charge in [-0.2, -0.15) is 4.31 Å². The molecule has 1 aliphatic heterocycles. The highest BCUT2D eigenvalue weighted by molar-refractivity contribution is 7.89. The lowest BCUT2D eigenvalue weighted by Gasteiger charge is -2.22. The first-order valence-electron chi connectivity index (χ1n) is 6.03. The van der Waals surface area contributed by atoms with Crippen LogP contribution < -0.4 is 0 Å². The SMILES string of the molecule is O=C(O)c1ccc(F)c(S(=O)(=O)N2CCC[C@H]2CO)c1. The summed E-state index contributed by atoms with van der Waals surface area (Å²) in [4.78, 5) is 10.2. The summed E-state index contributed by atoms with van der Waals surface area (Å²) < 4.78 is 39.5. The van der Waals surface area contributed by atoms with Crippen molar-refractivity contribution in [2.45, 2.75) is 23.8 Å². The quantitative estimate of drug-likeness (QED) is 0.852. The van der Waals surface area contributed by atoms with Crippen molar-refractivity contribution in [3.05, 3.63) is 29.6 Å². The third-order valence-electron chi connectivity index (χ3n) is 3.30. The van der Waals surface area contributed by atoms with Crippen LogP contribution in [0, 0.1) is 5.82 Å². The van der Waals surface area contributed by atoms with E-state index in [0.29, 0.717) is 12.8 Å². The molecule has 6 nitrogen and oxygen atoms in total. The van der Waals surface area contributed by atoms with Crippen LogP contribution in [0.1, 0.15) is 23.2 Å². The summed E-state index contributed by atoms with van der Waals surface area (Å²) in [5.41, 5.74) is -0.301. The van der Waals surface area contributed by atoms with Crippen molar-refractivity contribution < 1.29 is 27.8 Å². The topological polar surface area (TPSA) is 94.9 Å². The number of nitrogens with zero attached hydrogens (tertiary/aromatic N) is 1. The Balaban J connectivity index is 2.48. The van der Waals surface area contributed by atoms with E-state index >= 15 is 0 Å². The van der Waals surface area contributed by atoms with Gasteiger partial charge in [0.1, 0.15) is 10.7 Å². The maximum Gasteiger partial charge on any atom is 0.335 e. The molecule has 1 atom stereocenters. The highest BCUT2D eigenvalue weighted by Gasteiger charge is 2.36. The molecule has 20 heavy (non-hydrogen) atoms. The van der Waals surface area contributed by atoms with Crippen molar-refractivity contribution in [3.8, 4) is 0 Å². The van der Waals surface area contributed by atoms with Crippen LogP contribution >= 0.6 is 0 Å². The second kappa shape index (κ2) is 5.47. The van der Waals surface area contributed by atoms with Gasteiger partial charge in [-0.1, -0.05) is 0 Å². The Kier molecular flexibility index (Phi) is 4.07. The molecule has 1 aliphatic rings. The van der Waals surface area contributed by atoms with Gasteiger partial charge in [0, 0.05) is 12.6 Å². The number of halogens is 1. The first-order chi connectivity index (χ1) is 9.37. The van der Waals surface area contributed by atoms with Crippen LogP contribution in [-0.4, -0.2) is 48.1 Å². The molecule has 1 aromatic rings. The summed E-state index contributed by atoms with van der Waals surface area (Å²) in [5.74, 6) is -2.33. The van der Waals surface area contributed by atoms with Crippen molar-refractivity contribution in [1.82, 2.24) is 4.31 Å². The number of carboxylic acids is 1. The summed E-state index contributed by atoms with van der Waals surface area (Å²) in [6.07, 6.45) is 1.07. The number of rotatable bonds is 4. The van der Waals surface area contributed by atoms with Crippen LogP contribution in [0.25, 0.3) is 0 Å². The van der Waals surface area contributed by atoms with Crippen LogP contribution in [-0.2, 0) is 10.0 Å². The second-order valence-electron chi connectivity index (χ2n) is 4.54. The Hall–Kier alpha value is -1.51. The van der Waals surface area contributed by atoms with Crippen LogP contribution in [0.15, 0.2) is 23.1 Å². The Morgan fingerprint density at radius 1 is 1.45 bits per heavy atom. The molecule has 110 valence electrons. The van der Waals surface area contributed by atoms with Gasteiger partial charge in [0.25, 0.3) is 0 Å². The van der Waals surface area contributed by atoms with Crippen molar-refractivity contribution in [3.63, 3.8) is 0 Å². The number of carboxylic acid groups (broad SMARTS) is 1. The number of aromatic carboxylic acids is 1. The van der Waals surface area contributed by atoms with Crippen LogP contribution in [0.4, 0.5) is 4.39 Å². The Labute approximate surface area is 115 Å². The molecule has 1 fully saturated rings. The van der Waals surface area contributed by atoms with E-state index in [4.69, 9.17) is 10.2 Å². The molecule has 1 heterocycles. The van der Waals surface area contributed by atoms with E-state index in [0.717, 1.165) is 22.5 Å². The van der Waals surface area contributed by atoms with Gasteiger partial charge in [-0.3, -0.25) is 0 Å². The van der Waals surface area contributed by atoms with E-state index in [-0.39, 0.29) is 18.7 Å². The number of benzene rings is 1. The third kappa shape index (κ3) is 2.54. The summed E-state index contributed by atoms with van der Waals surface area (Å²) in [6.45, 7) is -0.163. The molecule has 2 N–H and O–H groups in total. The number of sulfonamides is 1. The smallest absolute Gasteiger partial charge is 0.335 e. The Morgan fingerprint density at radius 3 is 2.75 bits per heavy atom. The molecule has 0 bridgehead atoms. The average Bonchev–Trinajstić information content (AvgIpc) is 2.87. The minimum Gasteiger partial charge on any atom is -0.478 e. The lowest BCUT2D eigenvalue weighted by Crippen LogP contribution is -2.38. The van der Waals surface area contributed by atoms with Crippen molar-refractivity contribution in [1.29, 1.82) is 0 Å². The molecular formula is C12H14FNO5S. The van der Waals surface area contributed by atoms with Gasteiger partial charge in [0.15, 0.2) is 0 Å². The zero-order chi connectivity index (χ0) is 14.9. The number of hydrogen-bond acceptors (Lipinski definition) is 4. The third-order valence-corrected chi connectivity index (χ3v) is 5.27. The van der Waals surface area contributed by atoms with Crippen molar-refractivity contribution in [2.24, 2.45) is 0 Å². The molecule has 0 aromatic heterocycles. The first kappa shape index (κ1) is 14.9. The molecule has 2 rings (SSSR count). The molecule has 1 aromatic carbocycles. The summed E-state index contributed by atoms with van der Waals surface area (Å²) in [6, 6.07) is 2.04. The van der Waals surface area contributed by atoms with Gasteiger partial charge in [0.2, 0.25) is 10.0 Å². The number of aliphatic hydroxyl groups is 1. The minimum absolute atomic E-state index is 0.185. The molecule has 0 spiro atoms. The maximum atomic E-state index is 13.8. The predicted molar refractivity (Wildman–Crippen MR) is 67.4 cm³/mol. The summed E-state index contributed by atoms with van der Waals surface area (Å²) in [7, 11) is -4.15. The molecule has 1 saturated heterocycles. The largest absolute Gasteiger partial charge is 0.478 e. The summed E-state index contributed by atoms with van der Waals surface area (Å²) in [5, 5.41) is 18.0. The second-order valence-corrected chi connectivity index (χ2v) is 6.40. The van der Waals surface area contributed by atoms with E-state index in [1.165, 1.54) is 0 Å². The standard InChI is InChI=1S/C12H14FNO5S/c13-10-4-3-8(12(16)17)6-11(10)20(18,19)14-5-1-2-9(14)7-15/h3-4,6,9,15H,1-2,5,7H2,(H,16,17)/t9-/m0/s1. The molecule has 0 saturated carbocycles. The van der Waals surface area contributed by atoms with Gasteiger partial charge in [0.05, 0.1) is 12.2 Å². The van der Waals surface area contributed by atoms with Crippen LogP contribution in [0.5, 0.6) is 0 Å². The summed E-state index contributed by atoms with van der Waals surface area (Å²) >= 11 is 0. The van der Waals surface area contributed by atoms with Gasteiger partial charge < -0.3 is 10.2 Å². The fourth-order valence-electron chi connectivity index (χ4n) is 2.27. The Bertz CT molecular complexity index is 631. The molecular weight excluding hydrogens is 289 g/mol. The fourth-order valence-corrected chi connectivity index (χ4v) is 4.05. The molecule has 0 aliphatic carbocycles. The monoisotopic (exact) mass is 303 g/mol. The average molecular weight is 303 g/mol. The van der Waals surface area contributed by atoms with E-state index in [9.17, 15) is 17.6 Å². The molecule has 0 amide bonds. The fraction of sp³-hybridized carbons (Fsp3) is 0.417. The highest BCUT2D eigenvalue weighted by Crippen LogP contribution is 2.27. The van der Waals surface area contributed by atoms with Crippen molar-refractivity contribution in [2.75, 3.05) is 13.2 Å². The number of carbonyl (C=O) groups is 1. The Morgan fingerprint density at radius 2 is 2.15 bits per heavy atom. The van der Waals surface area contributed by atoms with E-state index in [1.807, 2.05) is 0 Å². The van der Waals surface area contributed by atoms with Gasteiger partial charge in [-0.05, 0) is 31.0 Å². The van der Waals surface area contributed by atoms with Crippen LogP contribution in [0.2, 0.25) is 0 Å². The predicted octanol–water partition coefficient (Wildman–Crippen LogP) is 0.669. The van der Waals surface area contributed by atoms with E-state index in [1.54, 1.807) is 0 Å². The van der Waals surface area contributed by atoms with Crippen molar-refractivity contribution >= 4 is 16.0 Å². The maximum absolute atomic E-state index is 13.8. The molecule has 8 heteroatoms. The zero-order valence-electron chi connectivity index (χ0n) is 10.5. The van der Waals surface area contributed by atoms with E-state index < -0.39 is 32.7 Å². The van der Waals surface area contributed by atoms with Crippen LogP contribution in [0.3, 0.4) is 0 Å². The lowest BCUT2D eigenvalue weighted by molar-refractivity contribution is 0.0696. The minimum atomic E-state index is -4.15. The highest BCUT2D eigenvalue weighted by atomic mass is 32.2. The normalized spacial score (nSPS) is 20.2. The number of hydrogen-bond donors (Lipinski definition) is 2.